The van der Waals surface area contributed by atoms with E-state index < -0.39 is 0 Å². The first-order valence-corrected chi connectivity index (χ1v) is 11.5. The van der Waals surface area contributed by atoms with Gasteiger partial charge in [-0.1, -0.05) is 71.6 Å². The highest BCUT2D eigenvalue weighted by molar-refractivity contribution is 7.98. The summed E-state index contributed by atoms with van der Waals surface area (Å²) in [4.78, 5) is 1.45. The van der Waals surface area contributed by atoms with E-state index >= 15 is 0 Å². The van der Waals surface area contributed by atoms with Gasteiger partial charge in [-0.25, -0.2) is 0 Å². The van der Waals surface area contributed by atoms with Crippen molar-refractivity contribution in [2.75, 3.05) is 0 Å². The van der Waals surface area contributed by atoms with Crippen LogP contribution in [0.25, 0.3) is 31.3 Å². The lowest BCUT2D eigenvalue weighted by molar-refractivity contribution is 1.47. The lowest BCUT2D eigenvalue weighted by Gasteiger charge is -2.14. The van der Waals surface area contributed by atoms with Crippen LogP contribution in [0.5, 0.6) is 0 Å². The fraction of sp³-hybridized carbons (Fsp3) is 0.0400. The first-order valence-electron chi connectivity index (χ1n) is 9.68. The Balaban J connectivity index is 1.63. The topological polar surface area (TPSA) is 0 Å². The summed E-state index contributed by atoms with van der Waals surface area (Å²) >= 11 is 3.94. The van der Waals surface area contributed by atoms with E-state index in [1.807, 2.05) is 23.1 Å². The van der Waals surface area contributed by atoms with E-state index in [-0.39, 0.29) is 0 Å². The van der Waals surface area contributed by atoms with Gasteiger partial charge >= 0.3 is 0 Å². The quantitative estimate of drug-likeness (QED) is 0.323. The predicted octanol–water partition coefficient (Wildman–Crippen LogP) is 5.16. The zero-order valence-corrected chi connectivity index (χ0v) is 16.7. The number of thiophene rings is 1. The number of thioether (sulfide) groups is 1. The second-order valence-corrected chi connectivity index (χ2v) is 9.73. The predicted molar refractivity (Wildman–Crippen MR) is 125 cm³/mol. The largest absolute Gasteiger partial charge is 0.244 e. The second-order valence-electron chi connectivity index (χ2n) is 7.63. The summed E-state index contributed by atoms with van der Waals surface area (Å²) in [5, 5.41) is 2.89. The second kappa shape index (κ2) is 5.53. The molecule has 7 rings (SSSR count). The van der Waals surface area contributed by atoms with Crippen molar-refractivity contribution in [1.29, 1.82) is 0 Å². The molecule has 3 heterocycles. The Morgan fingerprint density at radius 3 is 2.54 bits per heavy atom. The van der Waals surface area contributed by atoms with Crippen LogP contribution in [0.15, 0.2) is 83.8 Å². The van der Waals surface area contributed by atoms with Crippen LogP contribution in [0.4, 0.5) is 0 Å². The third-order valence-corrected chi connectivity index (χ3v) is 8.52. The van der Waals surface area contributed by atoms with E-state index in [9.17, 15) is 0 Å². The Kier molecular flexibility index (Phi) is 3.05. The summed E-state index contributed by atoms with van der Waals surface area (Å²) in [7, 11) is 0. The minimum atomic E-state index is 0.357. The fourth-order valence-corrected chi connectivity index (χ4v) is 7.46. The third kappa shape index (κ3) is 1.89. The molecule has 5 aromatic rings. The van der Waals surface area contributed by atoms with Crippen molar-refractivity contribution in [2.24, 2.45) is 0 Å². The van der Waals surface area contributed by atoms with Crippen LogP contribution in [0.2, 0.25) is 0 Å². The average molecular weight is 390 g/mol. The maximum Gasteiger partial charge on any atom is 0.244 e. The molecular weight excluding hydrogens is 375 g/mol. The van der Waals surface area contributed by atoms with Gasteiger partial charge in [0, 0.05) is 30.8 Å². The van der Waals surface area contributed by atoms with Gasteiger partial charge < -0.3 is 0 Å². The molecule has 0 unspecified atom stereocenters. The van der Waals surface area contributed by atoms with Crippen LogP contribution in [-0.2, 0) is 5.75 Å². The van der Waals surface area contributed by atoms with Gasteiger partial charge in [-0.3, -0.25) is 0 Å². The smallest absolute Gasteiger partial charge is 0.135 e. The molecule has 0 saturated carbocycles. The molecule has 130 valence electrons. The van der Waals surface area contributed by atoms with Crippen LogP contribution in [0.1, 0.15) is 5.56 Å². The summed E-state index contributed by atoms with van der Waals surface area (Å²) in [5.74, 6) is 1.04. The van der Waals surface area contributed by atoms with Crippen LogP contribution >= 0.6 is 23.1 Å². The summed E-state index contributed by atoms with van der Waals surface area (Å²) in [6.07, 6.45) is 0. The van der Waals surface area contributed by atoms with Crippen LogP contribution < -0.4 is 16.4 Å². The third-order valence-electron chi connectivity index (χ3n) is 6.29. The molecule has 2 aliphatic heterocycles. The lowest BCUT2D eigenvalue weighted by Crippen LogP contribution is -2.50. The normalized spacial score (nSPS) is 14.1. The van der Waals surface area contributed by atoms with E-state index in [2.05, 4.69) is 78.9 Å². The molecule has 0 atom stereocenters. The molecule has 0 amide bonds. The van der Waals surface area contributed by atoms with Gasteiger partial charge in [-0.05, 0) is 40.4 Å². The number of fused-ring (bicyclic) bond motifs is 9. The van der Waals surface area contributed by atoms with Crippen molar-refractivity contribution < 1.29 is 0 Å². The summed E-state index contributed by atoms with van der Waals surface area (Å²) in [6.45, 7) is 0.357. The van der Waals surface area contributed by atoms with Gasteiger partial charge in [-0.15, -0.1) is 23.1 Å². The van der Waals surface area contributed by atoms with E-state index in [1.165, 1.54) is 58.1 Å². The van der Waals surface area contributed by atoms with E-state index in [4.69, 9.17) is 0 Å². The van der Waals surface area contributed by atoms with Gasteiger partial charge in [-0.2, -0.15) is 0 Å². The zero-order valence-electron chi connectivity index (χ0n) is 15.1. The molecule has 0 N–H and O–H groups in total. The molecule has 0 bridgehead atoms. The number of hydrogen-bond donors (Lipinski definition) is 0. The van der Waals surface area contributed by atoms with Crippen molar-refractivity contribution in [2.45, 2.75) is 10.6 Å². The molecule has 0 saturated heterocycles. The molecule has 0 nitrogen and oxygen atoms in total. The maximum atomic E-state index is 2.41. The minimum absolute atomic E-state index is 0.357. The molecule has 28 heavy (non-hydrogen) atoms. The lowest BCUT2D eigenvalue weighted by atomic mass is 9.38. The monoisotopic (exact) mass is 390 g/mol. The Bertz CT molecular complexity index is 1430. The summed E-state index contributed by atoms with van der Waals surface area (Å²) in [5.41, 5.74) is 8.85. The van der Waals surface area contributed by atoms with E-state index in [0.717, 1.165) is 5.75 Å². The molecule has 0 spiro atoms. The van der Waals surface area contributed by atoms with Crippen molar-refractivity contribution in [1.82, 2.24) is 0 Å². The molecule has 0 radical (unpaired) electrons. The van der Waals surface area contributed by atoms with Gasteiger partial charge in [0.15, 0.2) is 0 Å². The molecule has 0 fully saturated rings. The van der Waals surface area contributed by atoms with Crippen molar-refractivity contribution >= 4 is 66.4 Å². The Labute approximate surface area is 172 Å². The van der Waals surface area contributed by atoms with Crippen molar-refractivity contribution in [3.8, 4) is 11.1 Å². The van der Waals surface area contributed by atoms with E-state index in [1.54, 1.807) is 0 Å². The van der Waals surface area contributed by atoms with Crippen LogP contribution in [0, 0.1) is 0 Å². The van der Waals surface area contributed by atoms with Crippen LogP contribution in [0.3, 0.4) is 0 Å². The first-order chi connectivity index (χ1) is 13.9. The maximum absolute atomic E-state index is 2.41. The van der Waals surface area contributed by atoms with Gasteiger partial charge in [0.25, 0.3) is 0 Å². The van der Waals surface area contributed by atoms with Crippen molar-refractivity contribution in [3.05, 3.63) is 84.4 Å². The number of rotatable bonds is 0. The van der Waals surface area contributed by atoms with Gasteiger partial charge in [0.1, 0.15) is 0 Å². The highest BCUT2D eigenvalue weighted by atomic mass is 32.2. The minimum Gasteiger partial charge on any atom is -0.135 e. The van der Waals surface area contributed by atoms with Crippen LogP contribution in [-0.4, -0.2) is 6.71 Å². The van der Waals surface area contributed by atoms with Gasteiger partial charge in [0.05, 0.1) is 0 Å². The highest BCUT2D eigenvalue weighted by Gasteiger charge is 2.38. The zero-order chi connectivity index (χ0) is 18.2. The molecule has 2 aliphatic rings. The number of benzene rings is 4. The SMILES string of the molecule is c1ccc2c(c1)B1c3ccc4sc5ccccc5c4c3CSc3cccc-2c31. The highest BCUT2D eigenvalue weighted by Crippen LogP contribution is 2.40. The number of hydrogen-bond acceptors (Lipinski definition) is 2. The average Bonchev–Trinajstić information content (AvgIpc) is 3.22. The fourth-order valence-electron chi connectivity index (χ4n) is 5.15. The molecular formula is C25H15BS2. The molecule has 1 aromatic heterocycles. The molecule has 3 heteroatoms. The first kappa shape index (κ1) is 15.4. The van der Waals surface area contributed by atoms with Crippen molar-refractivity contribution in [3.63, 3.8) is 0 Å². The van der Waals surface area contributed by atoms with Gasteiger partial charge in [0.2, 0.25) is 6.71 Å². The molecule has 4 aromatic carbocycles. The standard InChI is InChI=1S/C25H15BS2/c1-3-9-19-15(6-1)16-8-5-11-23-25(16)26(19)20-12-13-22-24(18(20)14-27-23)17-7-2-4-10-21(17)28-22/h1-13H,14H2. The summed E-state index contributed by atoms with van der Waals surface area (Å²) < 4.78 is 2.81. The van der Waals surface area contributed by atoms with E-state index in [0.29, 0.717) is 6.71 Å². The molecule has 0 aliphatic carbocycles. The summed E-state index contributed by atoms with van der Waals surface area (Å²) in [6, 6.07) is 29.5. The Morgan fingerprint density at radius 2 is 1.54 bits per heavy atom. The Morgan fingerprint density at radius 1 is 0.679 bits per heavy atom. The Hall–Kier alpha value is -2.49.